The van der Waals surface area contributed by atoms with Gasteiger partial charge in [0.1, 0.15) is 0 Å². The first kappa shape index (κ1) is 14.7. The molecule has 0 heterocycles. The fourth-order valence-corrected chi connectivity index (χ4v) is 4.08. The van der Waals surface area contributed by atoms with E-state index < -0.39 is 10.0 Å². The largest absolute Gasteiger partial charge is 0.396 e. The van der Waals surface area contributed by atoms with Gasteiger partial charge in [0.05, 0.1) is 4.90 Å². The van der Waals surface area contributed by atoms with Gasteiger partial charge in [-0.25, -0.2) is 13.1 Å². The van der Waals surface area contributed by atoms with E-state index in [1.807, 2.05) is 6.08 Å². The molecule has 0 radical (unpaired) electrons. The second kappa shape index (κ2) is 5.75. The predicted octanol–water partition coefficient (Wildman–Crippen LogP) is 1.97. The Kier molecular flexibility index (Phi) is 4.45. The van der Waals surface area contributed by atoms with Gasteiger partial charge >= 0.3 is 0 Å². The molecule has 2 atom stereocenters. The monoisotopic (exact) mass is 345 g/mol. The molecule has 2 N–H and O–H groups in total. The number of hydrogen-bond donors (Lipinski definition) is 2. The summed E-state index contributed by atoms with van der Waals surface area (Å²) in [6.07, 6.45) is 4.25. The van der Waals surface area contributed by atoms with Gasteiger partial charge in [-0.1, -0.05) is 28.1 Å². The number of hydrogen-bond acceptors (Lipinski definition) is 3. The summed E-state index contributed by atoms with van der Waals surface area (Å²) in [7, 11) is -3.53. The normalized spacial score (nSPS) is 22.9. The van der Waals surface area contributed by atoms with Crippen LogP contribution in [-0.2, 0) is 10.0 Å². The molecule has 0 amide bonds. The highest BCUT2D eigenvalue weighted by atomic mass is 79.9. The first-order valence-corrected chi connectivity index (χ1v) is 8.27. The van der Waals surface area contributed by atoms with Crippen LogP contribution in [0.1, 0.15) is 12.0 Å². The molecular weight excluding hydrogens is 330 g/mol. The van der Waals surface area contributed by atoms with Crippen molar-refractivity contribution in [3.63, 3.8) is 0 Å². The van der Waals surface area contributed by atoms with Gasteiger partial charge in [-0.15, -0.1) is 0 Å². The zero-order valence-corrected chi connectivity index (χ0v) is 12.9. The average molecular weight is 346 g/mol. The lowest BCUT2D eigenvalue weighted by Gasteiger charge is -2.14. The quantitative estimate of drug-likeness (QED) is 0.820. The van der Waals surface area contributed by atoms with E-state index in [4.69, 9.17) is 5.11 Å². The molecule has 0 bridgehead atoms. The van der Waals surface area contributed by atoms with Gasteiger partial charge in [0.2, 0.25) is 10.0 Å². The molecule has 4 nitrogen and oxygen atoms in total. The Bertz CT molecular complexity index is 598. The van der Waals surface area contributed by atoms with Gasteiger partial charge in [-0.2, -0.15) is 0 Å². The van der Waals surface area contributed by atoms with Crippen LogP contribution in [0.5, 0.6) is 0 Å². The predicted molar refractivity (Wildman–Crippen MR) is 77.3 cm³/mol. The number of aryl methyl sites for hydroxylation is 1. The molecule has 0 saturated carbocycles. The zero-order valence-electron chi connectivity index (χ0n) is 10.5. The van der Waals surface area contributed by atoms with Gasteiger partial charge in [0.25, 0.3) is 0 Å². The minimum Gasteiger partial charge on any atom is -0.396 e. The highest BCUT2D eigenvalue weighted by Gasteiger charge is 2.25. The van der Waals surface area contributed by atoms with Gasteiger partial charge in [-0.05, 0) is 37.1 Å². The maximum atomic E-state index is 12.3. The summed E-state index contributed by atoms with van der Waals surface area (Å²) in [5.74, 6) is 0.0405. The van der Waals surface area contributed by atoms with E-state index in [1.54, 1.807) is 31.2 Å². The molecule has 2 rings (SSSR count). The maximum absolute atomic E-state index is 12.3. The van der Waals surface area contributed by atoms with Crippen LogP contribution in [0.3, 0.4) is 0 Å². The number of sulfonamides is 1. The van der Waals surface area contributed by atoms with E-state index in [0.29, 0.717) is 12.0 Å². The minimum absolute atomic E-state index is 0.0405. The van der Waals surface area contributed by atoms with E-state index in [0.717, 1.165) is 4.47 Å². The third-order valence-electron chi connectivity index (χ3n) is 3.14. The number of nitrogens with one attached hydrogen (secondary N) is 1. The van der Waals surface area contributed by atoms with Crippen molar-refractivity contribution in [1.29, 1.82) is 0 Å². The Labute approximate surface area is 121 Å². The molecule has 0 aromatic heterocycles. The molecule has 1 aliphatic carbocycles. The summed E-state index contributed by atoms with van der Waals surface area (Å²) in [5.41, 5.74) is 0.697. The summed E-state index contributed by atoms with van der Waals surface area (Å²) < 4.78 is 28.1. The molecule has 19 heavy (non-hydrogen) atoms. The molecule has 0 unspecified atom stereocenters. The van der Waals surface area contributed by atoms with Gasteiger partial charge in [0, 0.05) is 23.0 Å². The topological polar surface area (TPSA) is 66.4 Å². The SMILES string of the molecule is Cc1cc(Br)ccc1S(=O)(=O)N[C@@H]1C=C[C@H](CO)C1. The Morgan fingerprint density at radius 2 is 2.16 bits per heavy atom. The fraction of sp³-hybridized carbons (Fsp3) is 0.385. The Morgan fingerprint density at radius 3 is 2.74 bits per heavy atom. The van der Waals surface area contributed by atoms with Crippen LogP contribution in [0.15, 0.2) is 39.7 Å². The van der Waals surface area contributed by atoms with E-state index >= 15 is 0 Å². The lowest BCUT2D eigenvalue weighted by Crippen LogP contribution is -2.33. The number of aliphatic hydroxyl groups excluding tert-OH is 1. The maximum Gasteiger partial charge on any atom is 0.241 e. The van der Waals surface area contributed by atoms with Crippen LogP contribution >= 0.6 is 15.9 Å². The van der Waals surface area contributed by atoms with Crippen LogP contribution in [0, 0.1) is 12.8 Å². The van der Waals surface area contributed by atoms with Crippen LogP contribution in [0.25, 0.3) is 0 Å². The molecular formula is C13H16BrNO3S. The Morgan fingerprint density at radius 1 is 1.42 bits per heavy atom. The van der Waals surface area contributed by atoms with E-state index in [9.17, 15) is 8.42 Å². The first-order valence-electron chi connectivity index (χ1n) is 6.00. The van der Waals surface area contributed by atoms with E-state index in [2.05, 4.69) is 20.7 Å². The molecule has 0 aliphatic heterocycles. The lowest BCUT2D eigenvalue weighted by molar-refractivity contribution is 0.248. The number of benzene rings is 1. The second-order valence-electron chi connectivity index (χ2n) is 4.70. The highest BCUT2D eigenvalue weighted by Crippen LogP contribution is 2.23. The van der Waals surface area contributed by atoms with Crippen molar-refractivity contribution in [2.75, 3.05) is 6.61 Å². The number of rotatable bonds is 4. The first-order chi connectivity index (χ1) is 8.92. The second-order valence-corrected chi connectivity index (χ2v) is 7.30. The lowest BCUT2D eigenvalue weighted by atomic mass is 10.1. The average Bonchev–Trinajstić information content (AvgIpc) is 2.75. The Balaban J connectivity index is 2.17. The van der Waals surface area contributed by atoms with Crippen molar-refractivity contribution in [3.05, 3.63) is 40.4 Å². The van der Waals surface area contributed by atoms with Crippen molar-refractivity contribution in [2.45, 2.75) is 24.3 Å². The minimum atomic E-state index is -3.53. The molecule has 0 spiro atoms. The molecule has 1 aliphatic rings. The molecule has 0 saturated heterocycles. The summed E-state index contributed by atoms with van der Waals surface area (Å²) in [6, 6.07) is 4.83. The molecule has 0 fully saturated rings. The van der Waals surface area contributed by atoms with Crippen LogP contribution in [0.2, 0.25) is 0 Å². The van der Waals surface area contributed by atoms with E-state index in [-0.39, 0.29) is 23.5 Å². The molecule has 104 valence electrons. The van der Waals surface area contributed by atoms with Crippen LogP contribution in [-0.4, -0.2) is 26.2 Å². The number of halogens is 1. The van der Waals surface area contributed by atoms with Crippen LogP contribution < -0.4 is 4.72 Å². The summed E-state index contributed by atoms with van der Waals surface area (Å²) >= 11 is 3.31. The van der Waals surface area contributed by atoms with E-state index in [1.165, 1.54) is 0 Å². The van der Waals surface area contributed by atoms with Crippen molar-refractivity contribution in [1.82, 2.24) is 4.72 Å². The van der Waals surface area contributed by atoms with Crippen molar-refractivity contribution < 1.29 is 13.5 Å². The fourth-order valence-electron chi connectivity index (χ4n) is 2.17. The molecule has 1 aromatic carbocycles. The highest BCUT2D eigenvalue weighted by molar-refractivity contribution is 9.10. The summed E-state index contributed by atoms with van der Waals surface area (Å²) in [6.45, 7) is 1.81. The summed E-state index contributed by atoms with van der Waals surface area (Å²) in [5, 5.41) is 9.04. The van der Waals surface area contributed by atoms with Gasteiger partial charge in [-0.3, -0.25) is 0 Å². The van der Waals surface area contributed by atoms with Gasteiger partial charge in [0.15, 0.2) is 0 Å². The molecule has 6 heteroatoms. The van der Waals surface area contributed by atoms with Crippen molar-refractivity contribution >= 4 is 26.0 Å². The Hall–Kier alpha value is -0.690. The third kappa shape index (κ3) is 3.45. The van der Waals surface area contributed by atoms with Crippen LogP contribution in [0.4, 0.5) is 0 Å². The van der Waals surface area contributed by atoms with Gasteiger partial charge < -0.3 is 5.11 Å². The third-order valence-corrected chi connectivity index (χ3v) is 5.28. The van der Waals surface area contributed by atoms with Crippen molar-refractivity contribution in [2.24, 2.45) is 5.92 Å². The van der Waals surface area contributed by atoms with Crippen molar-refractivity contribution in [3.8, 4) is 0 Å². The number of aliphatic hydroxyl groups is 1. The smallest absolute Gasteiger partial charge is 0.241 e. The summed E-state index contributed by atoms with van der Waals surface area (Å²) in [4.78, 5) is 0.288. The molecule has 1 aromatic rings. The zero-order chi connectivity index (χ0) is 14.0. The standard InChI is InChI=1S/C13H16BrNO3S/c1-9-6-11(14)3-5-13(9)19(17,18)15-12-4-2-10(7-12)8-16/h2-6,10,12,15-16H,7-8H2,1H3/t10-,12+/m0/s1.